The summed E-state index contributed by atoms with van der Waals surface area (Å²) in [6.45, 7) is 7.77. The maximum absolute atomic E-state index is 11.4. The quantitative estimate of drug-likeness (QED) is 0.411. The Labute approximate surface area is 183 Å². The largest absolute Gasteiger partial charge is 0.508 e. The van der Waals surface area contributed by atoms with Crippen LogP contribution >= 0.6 is 7.60 Å². The van der Waals surface area contributed by atoms with E-state index < -0.39 is 24.0 Å². The standard InChI is InChI=1S/C21H30NO7PS/c1-6-17-13(3)19(14(4)18(7-2)21(17)29-12-30(24,25)26)10-15-8-9-16(11-20(15)23)22-31(5,27)28/h8-9,11,22-23H,6-7,10,12H2,1-5H3,(H2,24,25,26). The molecule has 0 atom stereocenters. The molecule has 0 radical (unpaired) electrons. The Hall–Kier alpha value is -2.06. The summed E-state index contributed by atoms with van der Waals surface area (Å²) in [5, 5.41) is 10.5. The molecule has 0 aliphatic rings. The highest BCUT2D eigenvalue weighted by atomic mass is 32.2. The van der Waals surface area contributed by atoms with Gasteiger partial charge in [-0.3, -0.25) is 9.29 Å². The molecule has 0 spiro atoms. The van der Waals surface area contributed by atoms with E-state index in [1.165, 1.54) is 6.07 Å². The third-order valence-electron chi connectivity index (χ3n) is 5.20. The first-order valence-electron chi connectivity index (χ1n) is 9.88. The van der Waals surface area contributed by atoms with Crippen molar-refractivity contribution >= 4 is 23.3 Å². The Balaban J connectivity index is 2.51. The number of hydrogen-bond donors (Lipinski definition) is 4. The summed E-state index contributed by atoms with van der Waals surface area (Å²) in [6, 6.07) is 4.65. The Kier molecular flexibility index (Phi) is 7.81. The van der Waals surface area contributed by atoms with E-state index in [4.69, 9.17) is 4.74 Å². The number of rotatable bonds is 9. The topological polar surface area (TPSA) is 133 Å². The first-order valence-corrected chi connectivity index (χ1v) is 13.6. The molecule has 172 valence electrons. The van der Waals surface area contributed by atoms with Gasteiger partial charge in [-0.05, 0) is 66.1 Å². The minimum absolute atomic E-state index is 0.0228. The number of anilines is 1. The van der Waals surface area contributed by atoms with Gasteiger partial charge in [-0.2, -0.15) is 0 Å². The molecule has 2 aromatic rings. The van der Waals surface area contributed by atoms with Crippen LogP contribution in [0.4, 0.5) is 5.69 Å². The van der Waals surface area contributed by atoms with Gasteiger partial charge < -0.3 is 19.6 Å². The smallest absolute Gasteiger partial charge is 0.362 e. The second-order valence-electron chi connectivity index (χ2n) is 7.55. The normalized spacial score (nSPS) is 12.1. The Morgan fingerprint density at radius 2 is 1.58 bits per heavy atom. The summed E-state index contributed by atoms with van der Waals surface area (Å²) < 4.78 is 42.1. The molecule has 8 nitrogen and oxygen atoms in total. The third kappa shape index (κ3) is 6.46. The highest BCUT2D eigenvalue weighted by Gasteiger charge is 2.22. The second kappa shape index (κ2) is 9.61. The highest BCUT2D eigenvalue weighted by molar-refractivity contribution is 7.92. The van der Waals surface area contributed by atoms with E-state index in [0.29, 0.717) is 30.6 Å². The van der Waals surface area contributed by atoms with Crippen LogP contribution < -0.4 is 9.46 Å². The molecular weight excluding hydrogens is 441 g/mol. The van der Waals surface area contributed by atoms with Gasteiger partial charge >= 0.3 is 7.60 Å². The number of nitrogens with one attached hydrogen (secondary N) is 1. The van der Waals surface area contributed by atoms with E-state index in [0.717, 1.165) is 34.1 Å². The van der Waals surface area contributed by atoms with Crippen molar-refractivity contribution in [1.29, 1.82) is 0 Å². The third-order valence-corrected chi connectivity index (χ3v) is 6.27. The summed E-state index contributed by atoms with van der Waals surface area (Å²) in [5.74, 6) is 0.495. The van der Waals surface area contributed by atoms with Crippen LogP contribution in [-0.4, -0.2) is 35.9 Å². The molecule has 0 aliphatic heterocycles. The van der Waals surface area contributed by atoms with Crippen molar-refractivity contribution in [2.45, 2.75) is 47.0 Å². The van der Waals surface area contributed by atoms with Crippen LogP contribution in [0.15, 0.2) is 18.2 Å². The lowest BCUT2D eigenvalue weighted by atomic mass is 9.86. The Morgan fingerprint density at radius 3 is 2.00 bits per heavy atom. The molecule has 0 amide bonds. The SMILES string of the molecule is CCc1c(C)c(Cc2ccc(NS(C)(=O)=O)cc2O)c(C)c(CC)c1OCP(=O)(O)O. The van der Waals surface area contributed by atoms with Gasteiger partial charge in [-0.25, -0.2) is 8.42 Å². The van der Waals surface area contributed by atoms with Crippen LogP contribution in [0.25, 0.3) is 0 Å². The van der Waals surface area contributed by atoms with Crippen molar-refractivity contribution in [3.8, 4) is 11.5 Å². The van der Waals surface area contributed by atoms with Gasteiger partial charge in [0.25, 0.3) is 0 Å². The van der Waals surface area contributed by atoms with Gasteiger partial charge in [0, 0.05) is 12.5 Å². The summed E-state index contributed by atoms with van der Waals surface area (Å²) in [5.41, 5.74) is 5.55. The lowest BCUT2D eigenvalue weighted by molar-refractivity contribution is 0.297. The lowest BCUT2D eigenvalue weighted by Crippen LogP contribution is -2.11. The van der Waals surface area contributed by atoms with Crippen LogP contribution in [0.1, 0.15) is 47.2 Å². The average Bonchev–Trinajstić information content (AvgIpc) is 2.63. The number of benzene rings is 2. The molecule has 2 rings (SSSR count). The zero-order chi connectivity index (χ0) is 23.6. The first-order chi connectivity index (χ1) is 14.3. The molecule has 0 saturated heterocycles. The molecule has 4 N–H and O–H groups in total. The summed E-state index contributed by atoms with van der Waals surface area (Å²) >= 11 is 0. The molecule has 31 heavy (non-hydrogen) atoms. The highest BCUT2D eigenvalue weighted by Crippen LogP contribution is 2.40. The van der Waals surface area contributed by atoms with E-state index in [1.807, 2.05) is 27.7 Å². The predicted molar refractivity (Wildman–Crippen MR) is 122 cm³/mol. The van der Waals surface area contributed by atoms with Crippen molar-refractivity contribution in [2.75, 3.05) is 17.3 Å². The summed E-state index contributed by atoms with van der Waals surface area (Å²) in [6.07, 6.45) is 2.01. The van der Waals surface area contributed by atoms with Crippen LogP contribution in [0.5, 0.6) is 11.5 Å². The van der Waals surface area contributed by atoms with Gasteiger partial charge in [-0.1, -0.05) is 19.9 Å². The fraction of sp³-hybridized carbons (Fsp3) is 0.429. The van der Waals surface area contributed by atoms with Crippen molar-refractivity contribution in [1.82, 2.24) is 0 Å². The number of sulfonamides is 1. The number of phenols is 1. The predicted octanol–water partition coefficient (Wildman–Crippen LogP) is 3.61. The maximum Gasteiger partial charge on any atom is 0.362 e. The van der Waals surface area contributed by atoms with Crippen molar-refractivity contribution in [3.63, 3.8) is 0 Å². The van der Waals surface area contributed by atoms with Gasteiger partial charge in [0.05, 0.1) is 11.9 Å². The number of hydrogen-bond acceptors (Lipinski definition) is 5. The van der Waals surface area contributed by atoms with Gasteiger partial charge in [0.2, 0.25) is 10.0 Å². The number of phenolic OH excluding ortho intramolecular Hbond substituents is 1. The van der Waals surface area contributed by atoms with Crippen LogP contribution in [0.2, 0.25) is 0 Å². The molecule has 10 heteroatoms. The Bertz CT molecular complexity index is 1090. The lowest BCUT2D eigenvalue weighted by Gasteiger charge is -2.23. The summed E-state index contributed by atoms with van der Waals surface area (Å²) in [7, 11) is -7.77. The van der Waals surface area contributed by atoms with E-state index in [-0.39, 0.29) is 11.4 Å². The minimum Gasteiger partial charge on any atom is -0.508 e. The van der Waals surface area contributed by atoms with E-state index in [1.54, 1.807) is 12.1 Å². The first kappa shape index (κ1) is 25.2. The average molecular weight is 472 g/mol. The van der Waals surface area contributed by atoms with Crippen molar-refractivity contribution in [3.05, 3.63) is 51.6 Å². The molecule has 0 aromatic heterocycles. The van der Waals surface area contributed by atoms with Crippen LogP contribution in [0, 0.1) is 13.8 Å². The fourth-order valence-electron chi connectivity index (χ4n) is 3.79. The maximum atomic E-state index is 11.4. The number of aromatic hydroxyl groups is 1. The van der Waals surface area contributed by atoms with Gasteiger partial charge in [0.15, 0.2) is 6.35 Å². The van der Waals surface area contributed by atoms with Gasteiger partial charge in [0.1, 0.15) is 11.5 Å². The molecule has 2 aromatic carbocycles. The van der Waals surface area contributed by atoms with Gasteiger partial charge in [-0.15, -0.1) is 0 Å². The molecule has 0 saturated carbocycles. The van der Waals surface area contributed by atoms with E-state index >= 15 is 0 Å². The minimum atomic E-state index is -4.32. The zero-order valence-electron chi connectivity index (χ0n) is 18.4. The van der Waals surface area contributed by atoms with Crippen LogP contribution in [0.3, 0.4) is 0 Å². The van der Waals surface area contributed by atoms with E-state index in [9.17, 15) is 27.9 Å². The van der Waals surface area contributed by atoms with Crippen LogP contribution in [-0.2, 0) is 33.9 Å². The second-order valence-corrected chi connectivity index (χ2v) is 10.9. The van der Waals surface area contributed by atoms with Crippen molar-refractivity contribution < 1.29 is 32.6 Å². The molecule has 0 aliphatic carbocycles. The monoisotopic (exact) mass is 471 g/mol. The molecule has 0 bridgehead atoms. The molecule has 0 unspecified atom stereocenters. The van der Waals surface area contributed by atoms with E-state index in [2.05, 4.69) is 4.72 Å². The summed E-state index contributed by atoms with van der Waals surface area (Å²) in [4.78, 5) is 18.5. The molecule has 0 fully saturated rings. The fourth-order valence-corrected chi connectivity index (χ4v) is 4.64. The zero-order valence-corrected chi connectivity index (χ0v) is 20.1. The molecular formula is C21H30NO7PS. The Morgan fingerprint density at radius 1 is 1.03 bits per heavy atom. The number of ether oxygens (including phenoxy) is 1. The van der Waals surface area contributed by atoms with Crippen molar-refractivity contribution in [2.24, 2.45) is 0 Å². The molecule has 0 heterocycles.